The van der Waals surface area contributed by atoms with Gasteiger partial charge in [-0.1, -0.05) is 28.1 Å². The van der Waals surface area contributed by atoms with Gasteiger partial charge >= 0.3 is 0 Å². The van der Waals surface area contributed by atoms with Crippen molar-refractivity contribution >= 4 is 21.6 Å². The number of halogens is 1. The second kappa shape index (κ2) is 5.46. The Kier molecular flexibility index (Phi) is 4.21. The molecule has 0 heterocycles. The standard InChI is InChI=1S/C11H11BrN2/c1-2-3-4-14-11-6-9(8-13)5-10(12)7-11/h2-3,5-7,14H,4H2,1H3/b3-2+. The third kappa shape index (κ3) is 3.23. The monoisotopic (exact) mass is 250 g/mol. The molecule has 0 fully saturated rings. The van der Waals surface area contributed by atoms with Gasteiger partial charge < -0.3 is 5.32 Å². The molecule has 0 aliphatic carbocycles. The minimum Gasteiger partial charge on any atom is -0.382 e. The molecule has 0 unspecified atom stereocenters. The summed E-state index contributed by atoms with van der Waals surface area (Å²) in [5.41, 5.74) is 1.61. The van der Waals surface area contributed by atoms with Crippen LogP contribution in [0.1, 0.15) is 12.5 Å². The maximum Gasteiger partial charge on any atom is 0.0992 e. The van der Waals surface area contributed by atoms with Gasteiger partial charge in [-0.05, 0) is 25.1 Å². The maximum absolute atomic E-state index is 8.75. The molecule has 1 aromatic rings. The first kappa shape index (κ1) is 10.8. The van der Waals surface area contributed by atoms with Crippen LogP contribution < -0.4 is 5.32 Å². The summed E-state index contributed by atoms with van der Waals surface area (Å²) in [5, 5.41) is 11.9. The zero-order chi connectivity index (χ0) is 10.4. The van der Waals surface area contributed by atoms with Crippen LogP contribution in [0.2, 0.25) is 0 Å². The highest BCUT2D eigenvalue weighted by molar-refractivity contribution is 9.10. The Balaban J connectivity index is 2.77. The van der Waals surface area contributed by atoms with Crippen molar-refractivity contribution in [3.63, 3.8) is 0 Å². The van der Waals surface area contributed by atoms with E-state index in [1.54, 1.807) is 6.07 Å². The Bertz CT molecular complexity index is 377. The summed E-state index contributed by atoms with van der Waals surface area (Å²) in [6.45, 7) is 2.75. The first-order valence-electron chi connectivity index (χ1n) is 4.32. The molecule has 0 atom stereocenters. The number of hydrogen-bond donors (Lipinski definition) is 1. The third-order valence-electron chi connectivity index (χ3n) is 1.69. The van der Waals surface area contributed by atoms with Gasteiger partial charge in [0.25, 0.3) is 0 Å². The molecular formula is C11H11BrN2. The van der Waals surface area contributed by atoms with E-state index < -0.39 is 0 Å². The minimum absolute atomic E-state index is 0.655. The molecule has 0 aromatic heterocycles. The van der Waals surface area contributed by atoms with Crippen LogP contribution in [0.4, 0.5) is 5.69 Å². The van der Waals surface area contributed by atoms with Gasteiger partial charge in [0.05, 0.1) is 11.6 Å². The van der Waals surface area contributed by atoms with Crippen molar-refractivity contribution in [2.45, 2.75) is 6.92 Å². The van der Waals surface area contributed by atoms with E-state index in [-0.39, 0.29) is 0 Å². The van der Waals surface area contributed by atoms with Crippen molar-refractivity contribution in [3.05, 3.63) is 40.4 Å². The second-order valence-electron chi connectivity index (χ2n) is 2.79. The number of allylic oxidation sites excluding steroid dienone is 1. The predicted octanol–water partition coefficient (Wildman–Crippen LogP) is 3.31. The summed E-state index contributed by atoms with van der Waals surface area (Å²) in [5.74, 6) is 0. The van der Waals surface area contributed by atoms with Gasteiger partial charge in [-0.2, -0.15) is 5.26 Å². The van der Waals surface area contributed by atoms with Gasteiger partial charge in [0.1, 0.15) is 0 Å². The lowest BCUT2D eigenvalue weighted by Gasteiger charge is -2.04. The Labute approximate surface area is 92.4 Å². The molecule has 0 amide bonds. The maximum atomic E-state index is 8.75. The van der Waals surface area contributed by atoms with Crippen LogP contribution in [0.5, 0.6) is 0 Å². The van der Waals surface area contributed by atoms with E-state index in [0.717, 1.165) is 16.7 Å². The van der Waals surface area contributed by atoms with Crippen LogP contribution in [0.15, 0.2) is 34.8 Å². The lowest BCUT2D eigenvalue weighted by atomic mass is 10.2. The van der Waals surface area contributed by atoms with Crippen molar-refractivity contribution < 1.29 is 0 Å². The number of nitrogens with zero attached hydrogens (tertiary/aromatic N) is 1. The Morgan fingerprint density at radius 1 is 1.50 bits per heavy atom. The highest BCUT2D eigenvalue weighted by atomic mass is 79.9. The van der Waals surface area contributed by atoms with Crippen molar-refractivity contribution in [1.29, 1.82) is 5.26 Å². The molecule has 1 aromatic carbocycles. The number of hydrogen-bond acceptors (Lipinski definition) is 2. The van der Waals surface area contributed by atoms with E-state index in [1.807, 2.05) is 31.2 Å². The minimum atomic E-state index is 0.655. The smallest absolute Gasteiger partial charge is 0.0992 e. The average molecular weight is 251 g/mol. The van der Waals surface area contributed by atoms with Crippen LogP contribution in [0, 0.1) is 11.3 Å². The van der Waals surface area contributed by atoms with Crippen LogP contribution >= 0.6 is 15.9 Å². The van der Waals surface area contributed by atoms with Gasteiger partial charge in [-0.15, -0.1) is 0 Å². The topological polar surface area (TPSA) is 35.8 Å². The number of nitriles is 1. The molecule has 0 bridgehead atoms. The molecule has 0 saturated heterocycles. The van der Waals surface area contributed by atoms with Gasteiger partial charge in [-0.25, -0.2) is 0 Å². The Morgan fingerprint density at radius 3 is 2.93 bits per heavy atom. The first-order chi connectivity index (χ1) is 6.76. The van der Waals surface area contributed by atoms with Gasteiger partial charge in [-0.3, -0.25) is 0 Å². The fourth-order valence-electron chi connectivity index (χ4n) is 1.05. The summed E-state index contributed by atoms with van der Waals surface area (Å²) >= 11 is 3.35. The lowest BCUT2D eigenvalue weighted by Crippen LogP contribution is -1.98. The Hall–Kier alpha value is -1.27. The van der Waals surface area contributed by atoms with Gasteiger partial charge in [0, 0.05) is 16.7 Å². The van der Waals surface area contributed by atoms with Crippen LogP contribution in [0.25, 0.3) is 0 Å². The lowest BCUT2D eigenvalue weighted by molar-refractivity contribution is 1.32. The van der Waals surface area contributed by atoms with Crippen molar-refractivity contribution in [2.24, 2.45) is 0 Å². The number of benzene rings is 1. The average Bonchev–Trinajstić information content (AvgIpc) is 2.17. The highest BCUT2D eigenvalue weighted by Crippen LogP contribution is 2.18. The zero-order valence-corrected chi connectivity index (χ0v) is 9.51. The molecule has 1 rings (SSSR count). The molecule has 0 spiro atoms. The molecule has 0 aliphatic rings. The molecule has 3 heteroatoms. The van der Waals surface area contributed by atoms with Crippen molar-refractivity contribution in [3.8, 4) is 6.07 Å². The number of nitrogens with one attached hydrogen (secondary N) is 1. The predicted molar refractivity (Wildman–Crippen MR) is 62.2 cm³/mol. The van der Waals surface area contributed by atoms with E-state index >= 15 is 0 Å². The number of rotatable bonds is 3. The molecule has 0 saturated carbocycles. The third-order valence-corrected chi connectivity index (χ3v) is 2.14. The molecule has 72 valence electrons. The fourth-order valence-corrected chi connectivity index (χ4v) is 1.54. The molecule has 1 N–H and O–H groups in total. The normalized spacial score (nSPS) is 10.1. The Morgan fingerprint density at radius 2 is 2.29 bits per heavy atom. The van der Waals surface area contributed by atoms with Crippen molar-refractivity contribution in [2.75, 3.05) is 11.9 Å². The quantitative estimate of drug-likeness (QED) is 0.836. The molecule has 14 heavy (non-hydrogen) atoms. The summed E-state index contributed by atoms with van der Waals surface area (Å²) < 4.78 is 0.916. The molecule has 0 radical (unpaired) electrons. The van der Waals surface area contributed by atoms with Gasteiger partial charge in [0.15, 0.2) is 0 Å². The summed E-state index contributed by atoms with van der Waals surface area (Å²) in [6, 6.07) is 7.68. The largest absolute Gasteiger partial charge is 0.382 e. The zero-order valence-electron chi connectivity index (χ0n) is 7.92. The first-order valence-corrected chi connectivity index (χ1v) is 5.11. The number of anilines is 1. The molecular weight excluding hydrogens is 240 g/mol. The summed E-state index contributed by atoms with van der Waals surface area (Å²) in [4.78, 5) is 0. The van der Waals surface area contributed by atoms with Crippen LogP contribution in [0.3, 0.4) is 0 Å². The second-order valence-corrected chi connectivity index (χ2v) is 3.71. The van der Waals surface area contributed by atoms with Gasteiger partial charge in [0.2, 0.25) is 0 Å². The van der Waals surface area contributed by atoms with E-state index in [1.165, 1.54) is 0 Å². The van der Waals surface area contributed by atoms with Crippen LogP contribution in [-0.4, -0.2) is 6.54 Å². The molecule has 2 nitrogen and oxygen atoms in total. The fraction of sp³-hybridized carbons (Fsp3) is 0.182. The summed E-state index contributed by atoms with van der Waals surface area (Å²) in [7, 11) is 0. The van der Waals surface area contributed by atoms with Crippen LogP contribution in [-0.2, 0) is 0 Å². The van der Waals surface area contributed by atoms with E-state index in [2.05, 4.69) is 27.3 Å². The van der Waals surface area contributed by atoms with E-state index in [0.29, 0.717) is 5.56 Å². The van der Waals surface area contributed by atoms with Crippen molar-refractivity contribution in [1.82, 2.24) is 0 Å². The SMILES string of the molecule is C/C=C/CNc1cc(Br)cc(C#N)c1. The highest BCUT2D eigenvalue weighted by Gasteiger charge is 1.97. The molecule has 0 aliphatic heterocycles. The van der Waals surface area contributed by atoms with E-state index in [4.69, 9.17) is 5.26 Å². The van der Waals surface area contributed by atoms with E-state index in [9.17, 15) is 0 Å². The summed E-state index contributed by atoms with van der Waals surface area (Å²) in [6.07, 6.45) is 4.00.